The van der Waals surface area contributed by atoms with E-state index in [1.165, 1.54) is 46.9 Å². The number of alkyl halides is 4. The second-order valence-corrected chi connectivity index (χ2v) is 11.6. The standard InChI is InChI=1S/C28H29ClF4N8O3.ClH/c1-38-22(19-14-41(17-3-4-17)37-23(19)28(31,32)33)13-35-24(38)25(42)36-16-2-5-18(20(29)11-16)26(43)39-6-8-40(9-7-39)27(44)21-10-15(30)12-34-21;/h2,5,11,13-15,17,21,34H,3-4,6-10,12H2,1H3,(H,36,42);1H/t15-,21-;/m0./s1. The highest BCUT2D eigenvalue weighted by Crippen LogP contribution is 2.41. The molecule has 17 heteroatoms. The van der Waals surface area contributed by atoms with Crippen molar-refractivity contribution in [2.75, 3.05) is 38.0 Å². The average Bonchev–Trinajstić information content (AvgIpc) is 3.38. The Bertz CT molecular complexity index is 1620. The fourth-order valence-corrected chi connectivity index (χ4v) is 5.80. The second-order valence-electron chi connectivity index (χ2n) is 11.2. The van der Waals surface area contributed by atoms with E-state index >= 15 is 0 Å². The molecule has 2 N–H and O–H groups in total. The van der Waals surface area contributed by atoms with Gasteiger partial charge < -0.3 is 25.0 Å². The molecule has 0 bridgehead atoms. The third kappa shape index (κ3) is 6.65. The van der Waals surface area contributed by atoms with Crippen LogP contribution in [0.1, 0.15) is 52.0 Å². The van der Waals surface area contributed by atoms with Crippen LogP contribution < -0.4 is 10.6 Å². The highest BCUT2D eigenvalue weighted by Gasteiger charge is 2.40. The Morgan fingerprint density at radius 3 is 2.38 bits per heavy atom. The molecule has 1 saturated carbocycles. The molecule has 2 aliphatic heterocycles. The highest BCUT2D eigenvalue weighted by molar-refractivity contribution is 6.34. The smallest absolute Gasteiger partial charge is 0.338 e. The van der Waals surface area contributed by atoms with E-state index in [9.17, 15) is 31.9 Å². The van der Waals surface area contributed by atoms with E-state index < -0.39 is 30.0 Å². The first kappa shape index (κ1) is 32.7. The lowest BCUT2D eigenvalue weighted by molar-refractivity contribution is -0.141. The number of aromatic nitrogens is 4. The van der Waals surface area contributed by atoms with Crippen molar-refractivity contribution >= 4 is 47.4 Å². The zero-order valence-electron chi connectivity index (χ0n) is 24.0. The molecule has 2 aromatic heterocycles. The monoisotopic (exact) mass is 672 g/mol. The minimum atomic E-state index is -4.68. The van der Waals surface area contributed by atoms with Crippen molar-refractivity contribution in [3.8, 4) is 11.3 Å². The normalized spacial score (nSPS) is 20.2. The molecule has 45 heavy (non-hydrogen) atoms. The predicted molar refractivity (Wildman–Crippen MR) is 158 cm³/mol. The van der Waals surface area contributed by atoms with E-state index in [2.05, 4.69) is 20.7 Å². The molecule has 1 aromatic carbocycles. The highest BCUT2D eigenvalue weighted by atomic mass is 35.5. The number of halogens is 6. The van der Waals surface area contributed by atoms with Gasteiger partial charge in [-0.3, -0.25) is 19.1 Å². The minimum Gasteiger partial charge on any atom is -0.338 e. The van der Waals surface area contributed by atoms with Gasteiger partial charge in [-0.1, -0.05) is 11.6 Å². The molecule has 0 unspecified atom stereocenters. The van der Waals surface area contributed by atoms with Crippen molar-refractivity contribution in [3.63, 3.8) is 0 Å². The van der Waals surface area contributed by atoms with Gasteiger partial charge in [-0.15, -0.1) is 12.4 Å². The zero-order chi connectivity index (χ0) is 31.3. The van der Waals surface area contributed by atoms with E-state index in [1.807, 2.05) is 0 Å². The van der Waals surface area contributed by atoms with Crippen molar-refractivity contribution in [2.45, 2.75) is 43.7 Å². The van der Waals surface area contributed by atoms with Crippen LogP contribution in [0.5, 0.6) is 0 Å². The van der Waals surface area contributed by atoms with Crippen LogP contribution in [-0.2, 0) is 18.0 Å². The predicted octanol–water partition coefficient (Wildman–Crippen LogP) is 3.95. The Morgan fingerprint density at radius 1 is 1.09 bits per heavy atom. The first-order chi connectivity index (χ1) is 20.9. The zero-order valence-corrected chi connectivity index (χ0v) is 25.6. The Labute approximate surface area is 266 Å². The molecule has 3 aliphatic rings. The van der Waals surface area contributed by atoms with E-state index in [0.29, 0.717) is 13.1 Å². The quantitative estimate of drug-likeness (QED) is 0.383. The summed E-state index contributed by atoms with van der Waals surface area (Å²) in [5.74, 6) is -1.34. The van der Waals surface area contributed by atoms with Gasteiger partial charge in [0.05, 0.1) is 40.1 Å². The number of hydrogen-bond donors (Lipinski definition) is 2. The fraction of sp³-hybridized carbons (Fsp3) is 0.464. The van der Waals surface area contributed by atoms with E-state index in [1.54, 1.807) is 9.80 Å². The molecule has 3 fully saturated rings. The maximum Gasteiger partial charge on any atom is 0.435 e. The van der Waals surface area contributed by atoms with Crippen LogP contribution in [-0.4, -0.2) is 91.8 Å². The largest absolute Gasteiger partial charge is 0.435 e. The summed E-state index contributed by atoms with van der Waals surface area (Å²) in [6.45, 7) is 1.33. The second kappa shape index (κ2) is 12.6. The lowest BCUT2D eigenvalue weighted by Crippen LogP contribution is -2.54. The van der Waals surface area contributed by atoms with Gasteiger partial charge in [0.25, 0.3) is 11.8 Å². The molecule has 242 valence electrons. The summed E-state index contributed by atoms with van der Waals surface area (Å²) in [4.78, 5) is 46.1. The van der Waals surface area contributed by atoms with Gasteiger partial charge in [0, 0.05) is 58.1 Å². The number of nitrogens with one attached hydrogen (secondary N) is 2. The van der Waals surface area contributed by atoms with Crippen LogP contribution in [0.3, 0.4) is 0 Å². The number of hydrogen-bond acceptors (Lipinski definition) is 6. The van der Waals surface area contributed by atoms with Gasteiger partial charge in [0.15, 0.2) is 11.5 Å². The van der Waals surface area contributed by atoms with E-state index in [-0.39, 0.29) is 89.7 Å². The lowest BCUT2D eigenvalue weighted by Gasteiger charge is -2.36. The minimum absolute atomic E-state index is 0. The summed E-state index contributed by atoms with van der Waals surface area (Å²) in [6.07, 6.45) is -1.55. The van der Waals surface area contributed by atoms with Crippen molar-refractivity contribution in [1.82, 2.24) is 34.4 Å². The molecule has 6 rings (SSSR count). The summed E-state index contributed by atoms with van der Waals surface area (Å²) >= 11 is 6.42. The SMILES string of the molecule is Cl.Cn1c(-c2cn(C3CC3)nc2C(F)(F)F)cnc1C(=O)Nc1ccc(C(=O)N2CCN(C(=O)[C@@H]3C[C@H](F)CN3)CC2)c(Cl)c1. The Kier molecular flexibility index (Phi) is 9.16. The third-order valence-corrected chi connectivity index (χ3v) is 8.41. The number of rotatable bonds is 6. The molecule has 11 nitrogen and oxygen atoms in total. The number of imidazole rings is 1. The molecule has 2 saturated heterocycles. The number of carbonyl (C=O) groups is 3. The van der Waals surface area contributed by atoms with Gasteiger partial charge in [0.2, 0.25) is 5.91 Å². The summed E-state index contributed by atoms with van der Waals surface area (Å²) in [5, 5.41) is 9.34. The van der Waals surface area contributed by atoms with Crippen molar-refractivity contribution < 1.29 is 31.9 Å². The third-order valence-electron chi connectivity index (χ3n) is 8.10. The maximum absolute atomic E-state index is 13.7. The number of amides is 3. The summed E-state index contributed by atoms with van der Waals surface area (Å²) < 4.78 is 57.2. The number of carbonyl (C=O) groups excluding carboxylic acids is 3. The molecule has 3 amide bonds. The van der Waals surface area contributed by atoms with Crippen molar-refractivity contribution in [2.24, 2.45) is 7.05 Å². The molecule has 0 radical (unpaired) electrons. The van der Waals surface area contributed by atoms with Crippen LogP contribution in [0, 0.1) is 0 Å². The van der Waals surface area contributed by atoms with Crippen molar-refractivity contribution in [3.05, 3.63) is 52.7 Å². The molecule has 4 heterocycles. The van der Waals surface area contributed by atoms with Gasteiger partial charge >= 0.3 is 6.18 Å². The number of piperazine rings is 1. The molecule has 1 aliphatic carbocycles. The molecule has 2 atom stereocenters. The molecule has 0 spiro atoms. The van der Waals surface area contributed by atoms with Gasteiger partial charge in [-0.05, 0) is 31.0 Å². The fourth-order valence-electron chi connectivity index (χ4n) is 5.54. The van der Waals surface area contributed by atoms with E-state index in [0.717, 1.165) is 12.8 Å². The summed E-state index contributed by atoms with van der Waals surface area (Å²) in [7, 11) is 1.44. The number of benzene rings is 1. The first-order valence-corrected chi connectivity index (χ1v) is 14.5. The molecule has 3 aromatic rings. The van der Waals surface area contributed by atoms with Crippen molar-refractivity contribution in [1.29, 1.82) is 0 Å². The van der Waals surface area contributed by atoms with E-state index in [4.69, 9.17) is 11.6 Å². The van der Waals surface area contributed by atoms with Crippen LogP contribution in [0.2, 0.25) is 5.02 Å². The van der Waals surface area contributed by atoms with Crippen LogP contribution in [0.15, 0.2) is 30.6 Å². The average molecular weight is 673 g/mol. The Hall–Kier alpha value is -3.69. The molecular formula is C28H30Cl2F4N8O3. The van der Waals surface area contributed by atoms with Crippen LogP contribution >= 0.6 is 24.0 Å². The first-order valence-electron chi connectivity index (χ1n) is 14.2. The van der Waals surface area contributed by atoms with Gasteiger partial charge in [0.1, 0.15) is 6.17 Å². The van der Waals surface area contributed by atoms with Crippen LogP contribution in [0.25, 0.3) is 11.3 Å². The van der Waals surface area contributed by atoms with Crippen LogP contribution in [0.4, 0.5) is 23.2 Å². The van der Waals surface area contributed by atoms with Gasteiger partial charge in [-0.2, -0.15) is 18.3 Å². The summed E-state index contributed by atoms with van der Waals surface area (Å²) in [6, 6.07) is 3.73. The Balaban J connectivity index is 0.00000400. The number of nitrogens with zero attached hydrogens (tertiary/aromatic N) is 6. The lowest BCUT2D eigenvalue weighted by atomic mass is 10.1. The molecular weight excluding hydrogens is 643 g/mol. The number of anilines is 1. The Morgan fingerprint density at radius 2 is 1.78 bits per heavy atom. The topological polar surface area (TPSA) is 117 Å². The summed E-state index contributed by atoms with van der Waals surface area (Å²) in [5.41, 5.74) is -0.669. The van der Waals surface area contributed by atoms with Gasteiger partial charge in [-0.25, -0.2) is 9.37 Å². The maximum atomic E-state index is 13.7.